The van der Waals surface area contributed by atoms with Gasteiger partial charge in [-0.05, 0) is 106 Å². The van der Waals surface area contributed by atoms with Crippen LogP contribution in [0.15, 0.2) is 42.5 Å². The van der Waals surface area contributed by atoms with Crippen molar-refractivity contribution in [1.29, 1.82) is 0 Å². The minimum absolute atomic E-state index is 0.0962. The Morgan fingerprint density at radius 2 is 1.56 bits per heavy atom. The number of hydrogen-bond donors (Lipinski definition) is 1. The van der Waals surface area contributed by atoms with E-state index in [0.29, 0.717) is 18.3 Å². The summed E-state index contributed by atoms with van der Waals surface area (Å²) in [5.74, 6) is 0.189. The SMILES string of the molecule is CC(C)N(C(=O)N1CCc2cc(-c3ccc(C4CCC(CC(=O)O)CC4)cc3)ccc21)C(C)C. The number of amides is 2. The lowest BCUT2D eigenvalue weighted by molar-refractivity contribution is -0.138. The van der Waals surface area contributed by atoms with Crippen molar-refractivity contribution in [1.82, 2.24) is 4.90 Å². The second kappa shape index (κ2) is 10.2. The van der Waals surface area contributed by atoms with Crippen LogP contribution in [0.1, 0.15) is 76.8 Å². The van der Waals surface area contributed by atoms with E-state index in [-0.39, 0.29) is 18.1 Å². The first-order valence-electron chi connectivity index (χ1n) is 12.8. The molecule has 2 aromatic carbocycles. The maximum absolute atomic E-state index is 13.2. The summed E-state index contributed by atoms with van der Waals surface area (Å²) in [5.41, 5.74) is 6.02. The molecule has 2 aromatic rings. The predicted molar refractivity (Wildman–Crippen MR) is 137 cm³/mol. The van der Waals surface area contributed by atoms with Gasteiger partial charge < -0.3 is 10.0 Å². The second-order valence-electron chi connectivity index (χ2n) is 10.6. The van der Waals surface area contributed by atoms with Gasteiger partial charge in [-0.15, -0.1) is 0 Å². The Hall–Kier alpha value is -2.82. The van der Waals surface area contributed by atoms with Crippen molar-refractivity contribution in [3.63, 3.8) is 0 Å². The molecule has 0 aromatic heterocycles. The van der Waals surface area contributed by atoms with Gasteiger partial charge in [-0.2, -0.15) is 0 Å². The van der Waals surface area contributed by atoms with Crippen molar-refractivity contribution in [3.8, 4) is 11.1 Å². The zero-order valence-electron chi connectivity index (χ0n) is 21.0. The van der Waals surface area contributed by atoms with Gasteiger partial charge in [-0.3, -0.25) is 9.69 Å². The summed E-state index contributed by atoms with van der Waals surface area (Å²) >= 11 is 0. The number of rotatable bonds is 6. The molecule has 1 saturated carbocycles. The molecule has 2 amide bonds. The highest BCUT2D eigenvalue weighted by Crippen LogP contribution is 2.38. The van der Waals surface area contributed by atoms with Gasteiger partial charge in [0.05, 0.1) is 0 Å². The van der Waals surface area contributed by atoms with E-state index in [1.165, 1.54) is 22.3 Å². The molecule has 0 bridgehead atoms. The summed E-state index contributed by atoms with van der Waals surface area (Å²) in [6.45, 7) is 9.02. The van der Waals surface area contributed by atoms with E-state index in [9.17, 15) is 9.59 Å². The minimum Gasteiger partial charge on any atom is -0.481 e. The highest BCUT2D eigenvalue weighted by Gasteiger charge is 2.31. The number of carbonyl (C=O) groups excluding carboxylic acids is 1. The monoisotopic (exact) mass is 462 g/mol. The fourth-order valence-corrected chi connectivity index (χ4v) is 5.85. The second-order valence-corrected chi connectivity index (χ2v) is 10.6. The summed E-state index contributed by atoms with van der Waals surface area (Å²) in [6, 6.07) is 15.8. The molecule has 0 radical (unpaired) electrons. The number of benzene rings is 2. The molecule has 1 fully saturated rings. The lowest BCUT2D eigenvalue weighted by Gasteiger charge is -2.34. The van der Waals surface area contributed by atoms with E-state index in [4.69, 9.17) is 5.11 Å². The number of carbonyl (C=O) groups is 2. The van der Waals surface area contributed by atoms with E-state index >= 15 is 0 Å². The average molecular weight is 463 g/mol. The van der Waals surface area contributed by atoms with Crippen LogP contribution in [0.2, 0.25) is 0 Å². The summed E-state index contributed by atoms with van der Waals surface area (Å²) in [7, 11) is 0. The number of nitrogens with zero attached hydrogens (tertiary/aromatic N) is 2. The van der Waals surface area contributed by atoms with E-state index in [2.05, 4.69) is 70.2 Å². The van der Waals surface area contributed by atoms with Gasteiger partial charge in [0, 0.05) is 30.7 Å². The van der Waals surface area contributed by atoms with Crippen molar-refractivity contribution >= 4 is 17.7 Å². The van der Waals surface area contributed by atoms with Gasteiger partial charge in [0.25, 0.3) is 0 Å². The summed E-state index contributed by atoms with van der Waals surface area (Å²) in [5, 5.41) is 9.03. The fraction of sp³-hybridized carbons (Fsp3) is 0.517. The normalized spacial score (nSPS) is 20.0. The smallest absolute Gasteiger partial charge is 0.324 e. The zero-order valence-corrected chi connectivity index (χ0v) is 21.0. The molecule has 1 heterocycles. The summed E-state index contributed by atoms with van der Waals surface area (Å²) < 4.78 is 0. The first-order valence-corrected chi connectivity index (χ1v) is 12.8. The van der Waals surface area contributed by atoms with E-state index in [0.717, 1.165) is 44.3 Å². The maximum Gasteiger partial charge on any atom is 0.324 e. The Balaban J connectivity index is 1.44. The van der Waals surface area contributed by atoms with Crippen molar-refractivity contribution in [2.24, 2.45) is 5.92 Å². The van der Waals surface area contributed by atoms with Crippen molar-refractivity contribution in [2.75, 3.05) is 11.4 Å². The van der Waals surface area contributed by atoms with E-state index in [1.807, 2.05) is 9.80 Å². The number of carboxylic acids is 1. The summed E-state index contributed by atoms with van der Waals surface area (Å²) in [4.78, 5) is 28.1. The average Bonchev–Trinajstić information content (AvgIpc) is 3.22. The topological polar surface area (TPSA) is 60.9 Å². The molecule has 5 heteroatoms. The Morgan fingerprint density at radius 1 is 0.941 bits per heavy atom. The molecule has 1 aliphatic carbocycles. The third-order valence-electron chi connectivity index (χ3n) is 7.56. The lowest BCUT2D eigenvalue weighted by Crippen LogP contribution is -2.49. The molecule has 0 unspecified atom stereocenters. The number of carboxylic acid groups (broad SMARTS) is 1. The molecule has 0 saturated heterocycles. The molecule has 34 heavy (non-hydrogen) atoms. The number of aliphatic carboxylic acids is 1. The number of urea groups is 1. The van der Waals surface area contributed by atoms with Gasteiger partial charge in [0.1, 0.15) is 0 Å². The molecule has 0 atom stereocenters. The van der Waals surface area contributed by atoms with Crippen LogP contribution >= 0.6 is 0 Å². The van der Waals surface area contributed by atoms with Crippen molar-refractivity contribution in [3.05, 3.63) is 53.6 Å². The van der Waals surface area contributed by atoms with Crippen LogP contribution in [0.4, 0.5) is 10.5 Å². The molecule has 2 aliphatic rings. The Kier molecular flexibility index (Phi) is 7.30. The molecule has 1 N–H and O–H groups in total. The first kappa shape index (κ1) is 24.3. The van der Waals surface area contributed by atoms with Crippen LogP contribution < -0.4 is 4.90 Å². The van der Waals surface area contributed by atoms with E-state index in [1.54, 1.807) is 0 Å². The van der Waals surface area contributed by atoms with Gasteiger partial charge in [-0.1, -0.05) is 30.3 Å². The first-order chi connectivity index (χ1) is 16.2. The van der Waals surface area contributed by atoms with Crippen LogP contribution in [0.25, 0.3) is 11.1 Å². The highest BCUT2D eigenvalue weighted by atomic mass is 16.4. The molecule has 1 aliphatic heterocycles. The molecular weight excluding hydrogens is 424 g/mol. The quantitative estimate of drug-likeness (QED) is 0.519. The Morgan fingerprint density at radius 3 is 2.15 bits per heavy atom. The van der Waals surface area contributed by atoms with Crippen LogP contribution in [-0.4, -0.2) is 40.6 Å². The van der Waals surface area contributed by atoms with Gasteiger partial charge in [0.2, 0.25) is 0 Å². The number of fused-ring (bicyclic) bond motifs is 1. The number of anilines is 1. The third kappa shape index (κ3) is 5.13. The van der Waals surface area contributed by atoms with Crippen molar-refractivity contribution in [2.45, 2.75) is 84.2 Å². The fourth-order valence-electron chi connectivity index (χ4n) is 5.85. The predicted octanol–water partition coefficient (Wildman–Crippen LogP) is 6.70. The lowest BCUT2D eigenvalue weighted by atomic mass is 9.77. The van der Waals surface area contributed by atoms with Crippen LogP contribution in [0.5, 0.6) is 0 Å². The van der Waals surface area contributed by atoms with Gasteiger partial charge in [0.15, 0.2) is 0 Å². The van der Waals surface area contributed by atoms with Crippen LogP contribution in [-0.2, 0) is 11.2 Å². The van der Waals surface area contributed by atoms with E-state index < -0.39 is 5.97 Å². The summed E-state index contributed by atoms with van der Waals surface area (Å²) in [6.07, 6.45) is 5.34. The zero-order chi connectivity index (χ0) is 24.4. The largest absolute Gasteiger partial charge is 0.481 e. The highest BCUT2D eigenvalue weighted by molar-refractivity contribution is 5.95. The van der Waals surface area contributed by atoms with Crippen LogP contribution in [0.3, 0.4) is 0 Å². The van der Waals surface area contributed by atoms with Crippen LogP contribution in [0, 0.1) is 5.92 Å². The molecule has 182 valence electrons. The van der Waals surface area contributed by atoms with Crippen molar-refractivity contribution < 1.29 is 14.7 Å². The molecule has 4 rings (SSSR count). The molecule has 0 spiro atoms. The maximum atomic E-state index is 13.2. The third-order valence-corrected chi connectivity index (χ3v) is 7.56. The molecular formula is C29H38N2O3. The molecule has 5 nitrogen and oxygen atoms in total. The van der Waals surface area contributed by atoms with Gasteiger partial charge in [-0.25, -0.2) is 4.79 Å². The standard InChI is InChI=1S/C29H38N2O3/c1-19(2)31(20(3)4)29(34)30-16-15-26-18-25(13-14-27(26)30)24-11-9-23(10-12-24)22-7-5-21(6-8-22)17-28(32)33/h9-14,18-22H,5-8,15-17H2,1-4H3,(H,32,33). The Bertz CT molecular complexity index is 1010. The van der Waals surface area contributed by atoms with Gasteiger partial charge >= 0.3 is 12.0 Å². The Labute approximate surface area is 203 Å². The minimum atomic E-state index is -0.674. The number of hydrogen-bond acceptors (Lipinski definition) is 2.